The number of unbranched alkanes of at least 4 members (excludes halogenated alkanes) is 17. The van der Waals surface area contributed by atoms with Gasteiger partial charge in [0.05, 0.1) is 39.9 Å². The van der Waals surface area contributed by atoms with Crippen LogP contribution < -0.4 is 5.32 Å². The lowest BCUT2D eigenvalue weighted by atomic mass is 10.1. The molecular weight excluding hydrogens is 587 g/mol. The minimum Gasteiger partial charge on any atom is -0.387 e. The van der Waals surface area contributed by atoms with Crippen LogP contribution in [-0.4, -0.2) is 73.4 Å². The predicted octanol–water partition coefficient (Wildman–Crippen LogP) is 9.02. The number of rotatable bonds is 32. The highest BCUT2D eigenvalue weighted by Crippen LogP contribution is 2.43. The number of phosphoric acid groups is 1. The molecule has 9 heteroatoms. The highest BCUT2D eigenvalue weighted by molar-refractivity contribution is 7.47. The maximum Gasteiger partial charge on any atom is 0.472 e. The molecule has 0 aromatic carbocycles. The lowest BCUT2D eigenvalue weighted by Crippen LogP contribution is -2.45. The molecule has 0 saturated heterocycles. The quantitative estimate of drug-likeness (QED) is 0.0288. The molecule has 0 aliphatic carbocycles. The van der Waals surface area contributed by atoms with Crippen LogP contribution >= 0.6 is 7.82 Å². The van der Waals surface area contributed by atoms with E-state index in [1.807, 2.05) is 27.2 Å². The number of carbonyl (C=O) groups excluding carboxylic acids is 1. The number of amides is 1. The molecule has 0 radical (unpaired) electrons. The average Bonchev–Trinajstić information content (AvgIpc) is 2.97. The van der Waals surface area contributed by atoms with Crippen molar-refractivity contribution in [2.75, 3.05) is 40.9 Å². The Morgan fingerprint density at radius 1 is 0.733 bits per heavy atom. The van der Waals surface area contributed by atoms with Crippen LogP contribution in [0.1, 0.15) is 149 Å². The summed E-state index contributed by atoms with van der Waals surface area (Å²) in [6.45, 7) is 4.73. The highest BCUT2D eigenvalue weighted by atomic mass is 31.2. The number of carbonyl (C=O) groups is 1. The smallest absolute Gasteiger partial charge is 0.387 e. The monoisotopic (exact) mass is 660 g/mol. The Balaban J connectivity index is 4.60. The van der Waals surface area contributed by atoms with Gasteiger partial charge in [-0.1, -0.05) is 134 Å². The topological polar surface area (TPSA) is 105 Å². The second kappa shape index (κ2) is 29.1. The first-order chi connectivity index (χ1) is 21.5. The standard InChI is InChI=1S/C36H71N2O6P/c1-6-8-10-12-14-16-17-18-19-20-21-22-23-25-27-29-35(39)34(33-44-45(41,42)43-32-31-38(3,4)5)37-36(40)30-28-26-24-15-13-11-9-7-2/h21-22,27,29,34-35,39H,6-20,23-26,28,30-33H2,1-5H3,(H-,37,40,41,42)/p+1/b22-21+,29-27+. The summed E-state index contributed by atoms with van der Waals surface area (Å²) in [5.41, 5.74) is 0. The normalized spacial score (nSPS) is 15.1. The maximum atomic E-state index is 12.7. The number of hydrogen-bond acceptors (Lipinski definition) is 5. The summed E-state index contributed by atoms with van der Waals surface area (Å²) < 4.78 is 23.3. The van der Waals surface area contributed by atoms with Crippen molar-refractivity contribution in [2.24, 2.45) is 0 Å². The van der Waals surface area contributed by atoms with Gasteiger partial charge in [0.1, 0.15) is 13.2 Å². The summed E-state index contributed by atoms with van der Waals surface area (Å²) in [6.07, 6.45) is 31.1. The lowest BCUT2D eigenvalue weighted by molar-refractivity contribution is -0.870. The molecule has 0 heterocycles. The third-order valence-electron chi connectivity index (χ3n) is 7.92. The van der Waals surface area contributed by atoms with Crippen LogP contribution in [0.3, 0.4) is 0 Å². The number of aliphatic hydroxyl groups is 1. The Morgan fingerprint density at radius 2 is 1.22 bits per heavy atom. The number of nitrogens with zero attached hydrogens (tertiary/aromatic N) is 1. The first kappa shape index (κ1) is 44.0. The van der Waals surface area contributed by atoms with E-state index in [2.05, 4.69) is 31.3 Å². The third-order valence-corrected chi connectivity index (χ3v) is 8.91. The minimum absolute atomic E-state index is 0.0574. The third kappa shape index (κ3) is 31.4. The highest BCUT2D eigenvalue weighted by Gasteiger charge is 2.27. The zero-order valence-electron chi connectivity index (χ0n) is 29.9. The number of hydrogen-bond donors (Lipinski definition) is 3. The van der Waals surface area contributed by atoms with E-state index < -0.39 is 20.0 Å². The van der Waals surface area contributed by atoms with Crippen LogP contribution in [0.5, 0.6) is 0 Å². The Bertz CT molecular complexity index is 799. The van der Waals surface area contributed by atoms with Crippen LogP contribution in [0.2, 0.25) is 0 Å². The fourth-order valence-electron chi connectivity index (χ4n) is 4.94. The molecule has 1 amide bonds. The van der Waals surface area contributed by atoms with Crippen molar-refractivity contribution >= 4 is 13.7 Å². The van der Waals surface area contributed by atoms with E-state index in [4.69, 9.17) is 9.05 Å². The fourth-order valence-corrected chi connectivity index (χ4v) is 5.67. The van der Waals surface area contributed by atoms with Crippen molar-refractivity contribution in [1.29, 1.82) is 0 Å². The number of nitrogens with one attached hydrogen (secondary N) is 1. The van der Waals surface area contributed by atoms with Crippen molar-refractivity contribution in [3.8, 4) is 0 Å². The molecule has 0 rings (SSSR count). The number of quaternary nitrogens is 1. The summed E-state index contributed by atoms with van der Waals surface area (Å²) in [7, 11) is 1.55. The van der Waals surface area contributed by atoms with E-state index >= 15 is 0 Å². The van der Waals surface area contributed by atoms with Crippen LogP contribution in [0.25, 0.3) is 0 Å². The lowest BCUT2D eigenvalue weighted by Gasteiger charge is -2.25. The van der Waals surface area contributed by atoms with E-state index in [1.54, 1.807) is 6.08 Å². The zero-order valence-corrected chi connectivity index (χ0v) is 30.8. The summed E-state index contributed by atoms with van der Waals surface area (Å²) in [6, 6.07) is -0.854. The first-order valence-electron chi connectivity index (χ1n) is 18.2. The summed E-state index contributed by atoms with van der Waals surface area (Å²) in [5.74, 6) is -0.194. The minimum atomic E-state index is -4.33. The van der Waals surface area contributed by atoms with Crippen LogP contribution in [0.15, 0.2) is 24.3 Å². The van der Waals surface area contributed by atoms with E-state index in [0.717, 1.165) is 38.5 Å². The van der Waals surface area contributed by atoms with Crippen molar-refractivity contribution < 1.29 is 32.9 Å². The zero-order chi connectivity index (χ0) is 33.7. The summed E-state index contributed by atoms with van der Waals surface area (Å²) in [4.78, 5) is 22.8. The van der Waals surface area contributed by atoms with Gasteiger partial charge < -0.3 is 19.8 Å². The molecule has 0 aliphatic rings. The Labute approximate surface area is 277 Å². The second-order valence-corrected chi connectivity index (χ2v) is 15.0. The molecule has 0 saturated carbocycles. The van der Waals surface area contributed by atoms with Gasteiger partial charge in [-0.25, -0.2) is 4.57 Å². The van der Waals surface area contributed by atoms with Gasteiger partial charge in [-0.3, -0.25) is 13.8 Å². The van der Waals surface area contributed by atoms with Gasteiger partial charge in [0.2, 0.25) is 5.91 Å². The molecule has 0 spiro atoms. The Hall–Kier alpha value is -1.02. The molecule has 0 bridgehead atoms. The van der Waals surface area contributed by atoms with E-state index in [-0.39, 0.29) is 19.1 Å². The van der Waals surface area contributed by atoms with Crippen molar-refractivity contribution in [3.05, 3.63) is 24.3 Å². The molecule has 3 unspecified atom stereocenters. The summed E-state index contributed by atoms with van der Waals surface area (Å²) >= 11 is 0. The van der Waals surface area contributed by atoms with Crippen LogP contribution in [-0.2, 0) is 18.4 Å². The summed E-state index contributed by atoms with van der Waals surface area (Å²) in [5, 5.41) is 13.7. The van der Waals surface area contributed by atoms with Gasteiger partial charge >= 0.3 is 7.82 Å². The maximum absolute atomic E-state index is 12.7. The van der Waals surface area contributed by atoms with Gasteiger partial charge in [0.15, 0.2) is 0 Å². The predicted molar refractivity (Wildman–Crippen MR) is 189 cm³/mol. The molecular formula is C36H72N2O6P+. The van der Waals surface area contributed by atoms with E-state index in [0.29, 0.717) is 17.4 Å². The molecule has 0 aromatic heterocycles. The van der Waals surface area contributed by atoms with Gasteiger partial charge in [-0.05, 0) is 32.1 Å². The van der Waals surface area contributed by atoms with Crippen molar-refractivity contribution in [1.82, 2.24) is 5.32 Å². The van der Waals surface area contributed by atoms with Crippen molar-refractivity contribution in [3.63, 3.8) is 0 Å². The SMILES string of the molecule is CCCCCCCCCCC/C=C/CC/C=C/C(O)C(COP(=O)(O)OCC[N+](C)(C)C)NC(=O)CCCCCCCCCC. The molecule has 266 valence electrons. The van der Waals surface area contributed by atoms with Gasteiger partial charge in [-0.2, -0.15) is 0 Å². The molecule has 8 nitrogen and oxygen atoms in total. The molecule has 3 N–H and O–H groups in total. The number of aliphatic hydroxyl groups excluding tert-OH is 1. The molecule has 0 aromatic rings. The first-order valence-corrected chi connectivity index (χ1v) is 19.7. The fraction of sp³-hybridized carbons (Fsp3) is 0.861. The van der Waals surface area contributed by atoms with E-state index in [9.17, 15) is 19.4 Å². The average molecular weight is 660 g/mol. The Kier molecular flexibility index (Phi) is 28.5. The molecule has 0 aliphatic heterocycles. The number of phosphoric ester groups is 1. The Morgan fingerprint density at radius 3 is 1.78 bits per heavy atom. The van der Waals surface area contributed by atoms with Gasteiger partial charge in [0, 0.05) is 6.42 Å². The van der Waals surface area contributed by atoms with Gasteiger partial charge in [-0.15, -0.1) is 0 Å². The number of allylic oxidation sites excluding steroid dienone is 3. The molecule has 0 fully saturated rings. The molecule has 3 atom stereocenters. The van der Waals surface area contributed by atoms with E-state index in [1.165, 1.54) is 89.9 Å². The van der Waals surface area contributed by atoms with Crippen LogP contribution in [0, 0.1) is 0 Å². The molecule has 45 heavy (non-hydrogen) atoms. The second-order valence-electron chi connectivity index (χ2n) is 13.6. The largest absolute Gasteiger partial charge is 0.472 e. The van der Waals surface area contributed by atoms with Crippen molar-refractivity contribution in [2.45, 2.75) is 161 Å². The van der Waals surface area contributed by atoms with Gasteiger partial charge in [0.25, 0.3) is 0 Å². The van der Waals surface area contributed by atoms with Crippen LogP contribution in [0.4, 0.5) is 0 Å². The number of likely N-dealkylation sites (N-methyl/N-ethyl adjacent to an activating group) is 1.